The highest BCUT2D eigenvalue weighted by molar-refractivity contribution is 5.76. The molecule has 5 N–H and O–H groups in total. The molecule has 0 aliphatic carbocycles. The first-order valence-corrected chi connectivity index (χ1v) is 4.57. The molecule has 0 aromatic heterocycles. The fourth-order valence-corrected chi connectivity index (χ4v) is 1.23. The molecule has 0 spiro atoms. The van der Waals surface area contributed by atoms with E-state index in [1.807, 2.05) is 0 Å². The summed E-state index contributed by atoms with van der Waals surface area (Å²) in [6, 6.07) is 4.56. The fraction of sp³-hybridized carbons (Fsp3) is 0.222. The van der Waals surface area contributed by atoms with Crippen LogP contribution in [0.1, 0.15) is 6.42 Å². The number of rotatable bonds is 5. The van der Waals surface area contributed by atoms with Crippen molar-refractivity contribution in [1.82, 2.24) is 0 Å². The van der Waals surface area contributed by atoms with E-state index in [2.05, 4.69) is 5.32 Å². The van der Waals surface area contributed by atoms with Crippen LogP contribution in [0.15, 0.2) is 18.2 Å². The number of benzene rings is 1. The number of carbonyl (C=O) groups excluding carboxylic acids is 1. The van der Waals surface area contributed by atoms with Crippen LogP contribution >= 0.6 is 0 Å². The molecule has 1 aromatic rings. The van der Waals surface area contributed by atoms with Gasteiger partial charge in [0.2, 0.25) is 5.91 Å². The maximum atomic E-state index is 10.7. The van der Waals surface area contributed by atoms with Gasteiger partial charge in [-0.1, -0.05) is 6.07 Å². The molecule has 16 heavy (non-hydrogen) atoms. The van der Waals surface area contributed by atoms with E-state index in [1.54, 1.807) is 6.07 Å². The van der Waals surface area contributed by atoms with E-state index >= 15 is 0 Å². The van der Waals surface area contributed by atoms with Crippen molar-refractivity contribution in [2.24, 2.45) is 5.73 Å². The van der Waals surface area contributed by atoms with Crippen LogP contribution in [0.4, 0.5) is 17.1 Å². The molecule has 0 aliphatic heterocycles. The molecule has 1 aromatic carbocycles. The zero-order chi connectivity index (χ0) is 12.1. The third kappa shape index (κ3) is 2.84. The van der Waals surface area contributed by atoms with E-state index in [9.17, 15) is 14.9 Å². The molecular weight excluding hydrogens is 212 g/mol. The SMILES string of the molecule is NC(=O)CCNc1cccc(N)c1[N+](=O)[O-]. The number of nitrogens with two attached hydrogens (primary N) is 2. The summed E-state index contributed by atoms with van der Waals surface area (Å²) in [5, 5.41) is 13.5. The first-order valence-electron chi connectivity index (χ1n) is 4.57. The highest BCUT2D eigenvalue weighted by Crippen LogP contribution is 2.30. The lowest BCUT2D eigenvalue weighted by molar-refractivity contribution is -0.383. The molecule has 86 valence electrons. The summed E-state index contributed by atoms with van der Waals surface area (Å²) in [6.45, 7) is 0.236. The first kappa shape index (κ1) is 11.8. The average Bonchev–Trinajstić information content (AvgIpc) is 2.16. The minimum Gasteiger partial charge on any atom is -0.393 e. The van der Waals surface area contributed by atoms with Gasteiger partial charge in [-0.05, 0) is 12.1 Å². The van der Waals surface area contributed by atoms with Gasteiger partial charge >= 0.3 is 5.69 Å². The number of nitrogen functional groups attached to an aromatic ring is 1. The van der Waals surface area contributed by atoms with Crippen LogP contribution in [-0.2, 0) is 4.79 Å². The molecule has 0 bridgehead atoms. The van der Waals surface area contributed by atoms with Crippen molar-refractivity contribution >= 4 is 23.0 Å². The number of anilines is 2. The number of nitro benzene ring substituents is 1. The third-order valence-corrected chi connectivity index (χ3v) is 1.94. The summed E-state index contributed by atoms with van der Waals surface area (Å²) >= 11 is 0. The molecule has 0 atom stereocenters. The fourth-order valence-electron chi connectivity index (χ4n) is 1.23. The average molecular weight is 224 g/mol. The molecule has 7 heteroatoms. The summed E-state index contributed by atoms with van der Waals surface area (Å²) < 4.78 is 0. The lowest BCUT2D eigenvalue weighted by Crippen LogP contribution is -2.16. The Morgan fingerprint density at radius 1 is 1.50 bits per heavy atom. The van der Waals surface area contributed by atoms with Crippen molar-refractivity contribution in [3.05, 3.63) is 28.3 Å². The normalized spacial score (nSPS) is 9.75. The predicted molar refractivity (Wildman–Crippen MR) is 59.8 cm³/mol. The number of hydrogen-bond donors (Lipinski definition) is 3. The Morgan fingerprint density at radius 3 is 2.75 bits per heavy atom. The summed E-state index contributed by atoms with van der Waals surface area (Å²) in [7, 11) is 0. The Labute approximate surface area is 91.6 Å². The maximum absolute atomic E-state index is 10.7. The summed E-state index contributed by atoms with van der Waals surface area (Å²) in [5.74, 6) is -0.473. The zero-order valence-corrected chi connectivity index (χ0v) is 8.47. The van der Waals surface area contributed by atoms with Crippen molar-refractivity contribution in [2.75, 3.05) is 17.6 Å². The molecular formula is C9H12N4O3. The number of nitrogens with zero attached hydrogens (tertiary/aromatic N) is 1. The number of nitro groups is 1. The Kier molecular flexibility index (Phi) is 3.65. The van der Waals surface area contributed by atoms with Gasteiger partial charge in [-0.2, -0.15) is 0 Å². The molecule has 0 unspecified atom stereocenters. The van der Waals surface area contributed by atoms with Gasteiger partial charge in [0.25, 0.3) is 0 Å². The number of para-hydroxylation sites is 1. The van der Waals surface area contributed by atoms with Crippen LogP contribution < -0.4 is 16.8 Å². The van der Waals surface area contributed by atoms with Crippen molar-refractivity contribution in [3.63, 3.8) is 0 Å². The van der Waals surface area contributed by atoms with Gasteiger partial charge in [-0.25, -0.2) is 0 Å². The predicted octanol–water partition coefficient (Wildman–Crippen LogP) is 0.464. The smallest absolute Gasteiger partial charge is 0.314 e. The van der Waals surface area contributed by atoms with Gasteiger partial charge < -0.3 is 16.8 Å². The second-order valence-electron chi connectivity index (χ2n) is 3.14. The molecule has 0 saturated heterocycles. The topological polar surface area (TPSA) is 124 Å². The Morgan fingerprint density at radius 2 is 2.19 bits per heavy atom. The van der Waals surface area contributed by atoms with Gasteiger partial charge in [-0.15, -0.1) is 0 Å². The molecule has 7 nitrogen and oxygen atoms in total. The Bertz CT molecular complexity index is 419. The van der Waals surface area contributed by atoms with Crippen molar-refractivity contribution < 1.29 is 9.72 Å². The van der Waals surface area contributed by atoms with E-state index in [0.717, 1.165) is 0 Å². The molecule has 0 fully saturated rings. The largest absolute Gasteiger partial charge is 0.393 e. The van der Waals surface area contributed by atoms with Crippen LogP contribution in [0.5, 0.6) is 0 Å². The second kappa shape index (κ2) is 4.96. The number of primary amides is 1. The third-order valence-electron chi connectivity index (χ3n) is 1.94. The van der Waals surface area contributed by atoms with Crippen LogP contribution in [-0.4, -0.2) is 17.4 Å². The molecule has 0 aliphatic rings. The maximum Gasteiger partial charge on any atom is 0.314 e. The lowest BCUT2D eigenvalue weighted by Gasteiger charge is -2.06. The van der Waals surface area contributed by atoms with Crippen LogP contribution in [0, 0.1) is 10.1 Å². The van der Waals surface area contributed by atoms with Crippen molar-refractivity contribution in [2.45, 2.75) is 6.42 Å². The number of carbonyl (C=O) groups is 1. The Hall–Kier alpha value is -2.31. The van der Waals surface area contributed by atoms with Gasteiger partial charge in [0, 0.05) is 13.0 Å². The second-order valence-corrected chi connectivity index (χ2v) is 3.14. The quantitative estimate of drug-likeness (QED) is 0.380. The van der Waals surface area contributed by atoms with Gasteiger partial charge in [0.15, 0.2) is 0 Å². The number of hydrogen-bond acceptors (Lipinski definition) is 5. The summed E-state index contributed by atoms with van der Waals surface area (Å²) in [4.78, 5) is 20.7. The highest BCUT2D eigenvalue weighted by atomic mass is 16.6. The van der Waals surface area contributed by atoms with Crippen molar-refractivity contribution in [3.8, 4) is 0 Å². The zero-order valence-electron chi connectivity index (χ0n) is 8.47. The monoisotopic (exact) mass is 224 g/mol. The molecule has 1 rings (SSSR count). The van der Waals surface area contributed by atoms with Crippen LogP contribution in [0.25, 0.3) is 0 Å². The molecule has 1 amide bonds. The van der Waals surface area contributed by atoms with E-state index in [4.69, 9.17) is 11.5 Å². The van der Waals surface area contributed by atoms with Gasteiger partial charge in [0.05, 0.1) is 4.92 Å². The minimum atomic E-state index is -0.568. The number of nitrogens with one attached hydrogen (secondary N) is 1. The van der Waals surface area contributed by atoms with E-state index < -0.39 is 10.8 Å². The van der Waals surface area contributed by atoms with E-state index in [1.165, 1.54) is 12.1 Å². The summed E-state index contributed by atoms with van der Waals surface area (Å²) in [6.07, 6.45) is 0.103. The highest BCUT2D eigenvalue weighted by Gasteiger charge is 2.16. The number of amides is 1. The molecule has 0 saturated carbocycles. The van der Waals surface area contributed by atoms with Crippen LogP contribution in [0.3, 0.4) is 0 Å². The summed E-state index contributed by atoms with van der Waals surface area (Å²) in [5.41, 5.74) is 10.6. The standard InChI is InChI=1S/C9H12N4O3/c10-6-2-1-3-7(9(6)13(15)16)12-5-4-8(11)14/h1-3,12H,4-5,10H2,(H2,11,14). The van der Waals surface area contributed by atoms with Gasteiger partial charge in [0.1, 0.15) is 11.4 Å². The minimum absolute atomic E-state index is 0.0778. The van der Waals surface area contributed by atoms with Crippen molar-refractivity contribution in [1.29, 1.82) is 0 Å². The van der Waals surface area contributed by atoms with Crippen LogP contribution in [0.2, 0.25) is 0 Å². The van der Waals surface area contributed by atoms with E-state index in [-0.39, 0.29) is 30.0 Å². The lowest BCUT2D eigenvalue weighted by atomic mass is 10.2. The van der Waals surface area contributed by atoms with Gasteiger partial charge in [-0.3, -0.25) is 14.9 Å². The molecule has 0 heterocycles. The molecule has 0 radical (unpaired) electrons. The van der Waals surface area contributed by atoms with E-state index in [0.29, 0.717) is 0 Å². The Balaban J connectivity index is 2.83. The first-order chi connectivity index (χ1) is 7.52.